The Bertz CT molecular complexity index is 1060. The largest absolute Gasteiger partial charge is 0.444 e. The molecule has 0 bridgehead atoms. The summed E-state index contributed by atoms with van der Waals surface area (Å²) in [5.41, 5.74) is 3.48. The van der Waals surface area contributed by atoms with Crippen molar-refractivity contribution in [1.82, 2.24) is 10.2 Å². The zero-order chi connectivity index (χ0) is 27.0. The summed E-state index contributed by atoms with van der Waals surface area (Å²) >= 11 is 4.32. The maximum absolute atomic E-state index is 13.9. The molecule has 2 aromatic rings. The van der Waals surface area contributed by atoms with Gasteiger partial charge in [-0.3, -0.25) is 9.59 Å². The first-order chi connectivity index (χ1) is 16.9. The SMILES string of the molecule is CCCN(C(=O)C(CS)NC(=O)OC(C)(C)C)C(C(=O)Nc1c(C)cccc1C)c1ccccc1C. The zero-order valence-corrected chi connectivity index (χ0v) is 23.2. The van der Waals surface area contributed by atoms with Gasteiger partial charge in [0.1, 0.15) is 17.7 Å². The van der Waals surface area contributed by atoms with Crippen LogP contribution in [0.4, 0.5) is 10.5 Å². The summed E-state index contributed by atoms with van der Waals surface area (Å²) in [5.74, 6) is -0.668. The number of nitrogens with zero attached hydrogens (tertiary/aromatic N) is 1. The number of ether oxygens (including phenoxy) is 1. The van der Waals surface area contributed by atoms with Gasteiger partial charge in [-0.05, 0) is 70.2 Å². The predicted molar refractivity (Wildman–Crippen MR) is 147 cm³/mol. The number of carbonyl (C=O) groups is 3. The molecule has 2 aromatic carbocycles. The third-order valence-corrected chi connectivity index (χ3v) is 6.06. The molecule has 0 radical (unpaired) electrons. The van der Waals surface area contributed by atoms with Crippen LogP contribution in [-0.4, -0.2) is 46.7 Å². The molecule has 0 aliphatic rings. The van der Waals surface area contributed by atoms with E-state index in [0.717, 1.165) is 27.9 Å². The zero-order valence-electron chi connectivity index (χ0n) is 22.3. The second kappa shape index (κ2) is 12.8. The number of para-hydroxylation sites is 1. The molecule has 0 heterocycles. The van der Waals surface area contributed by atoms with E-state index < -0.39 is 29.7 Å². The third-order valence-electron chi connectivity index (χ3n) is 5.69. The van der Waals surface area contributed by atoms with Gasteiger partial charge in [0.05, 0.1) is 0 Å². The lowest BCUT2D eigenvalue weighted by atomic mass is 9.97. The molecule has 2 N–H and O–H groups in total. The van der Waals surface area contributed by atoms with E-state index in [1.54, 1.807) is 20.8 Å². The van der Waals surface area contributed by atoms with Gasteiger partial charge in [-0.25, -0.2) is 4.79 Å². The molecule has 0 aliphatic carbocycles. The van der Waals surface area contributed by atoms with Crippen LogP contribution in [0.15, 0.2) is 42.5 Å². The average molecular weight is 514 g/mol. The van der Waals surface area contributed by atoms with Crippen molar-refractivity contribution in [2.45, 2.75) is 72.6 Å². The van der Waals surface area contributed by atoms with Crippen LogP contribution in [0.5, 0.6) is 0 Å². The van der Waals surface area contributed by atoms with Crippen molar-refractivity contribution in [2.24, 2.45) is 0 Å². The smallest absolute Gasteiger partial charge is 0.408 e. The van der Waals surface area contributed by atoms with Crippen molar-refractivity contribution in [3.05, 3.63) is 64.7 Å². The fourth-order valence-electron chi connectivity index (χ4n) is 3.99. The minimum atomic E-state index is -0.964. The lowest BCUT2D eigenvalue weighted by Gasteiger charge is -2.34. The van der Waals surface area contributed by atoms with Gasteiger partial charge in [-0.15, -0.1) is 0 Å². The summed E-state index contributed by atoms with van der Waals surface area (Å²) < 4.78 is 5.34. The van der Waals surface area contributed by atoms with E-state index in [4.69, 9.17) is 4.74 Å². The fraction of sp³-hybridized carbons (Fsp3) is 0.464. The highest BCUT2D eigenvalue weighted by Gasteiger charge is 2.36. The molecule has 36 heavy (non-hydrogen) atoms. The quantitative estimate of drug-likeness (QED) is 0.394. The standard InChI is InChI=1S/C28H39N3O4S/c1-8-16-31(26(33)22(17-36)29-27(34)35-28(5,6)7)24(21-15-10-9-12-18(21)2)25(32)30-23-19(3)13-11-14-20(23)4/h9-15,22,24,36H,8,16-17H2,1-7H3,(H,29,34)(H,30,32). The lowest BCUT2D eigenvalue weighted by Crippen LogP contribution is -2.53. The van der Waals surface area contributed by atoms with Gasteiger partial charge in [0.25, 0.3) is 5.91 Å². The van der Waals surface area contributed by atoms with Gasteiger partial charge < -0.3 is 20.3 Å². The minimum Gasteiger partial charge on any atom is -0.444 e. The number of benzene rings is 2. The van der Waals surface area contributed by atoms with E-state index in [-0.39, 0.29) is 11.7 Å². The van der Waals surface area contributed by atoms with E-state index >= 15 is 0 Å². The van der Waals surface area contributed by atoms with Crippen molar-refractivity contribution in [2.75, 3.05) is 17.6 Å². The summed E-state index contributed by atoms with van der Waals surface area (Å²) in [6.07, 6.45) is -0.0879. The molecular formula is C28H39N3O4S. The molecule has 0 aliphatic heterocycles. The van der Waals surface area contributed by atoms with Crippen molar-refractivity contribution in [1.29, 1.82) is 0 Å². The number of thiol groups is 1. The second-order valence-corrected chi connectivity index (χ2v) is 10.3. The predicted octanol–water partition coefficient (Wildman–Crippen LogP) is 5.35. The number of rotatable bonds is 9. The molecule has 196 valence electrons. The molecule has 0 aromatic heterocycles. The number of carbonyl (C=O) groups excluding carboxylic acids is 3. The van der Waals surface area contributed by atoms with Crippen molar-refractivity contribution in [3.63, 3.8) is 0 Å². The summed E-state index contributed by atoms with van der Waals surface area (Å²) in [4.78, 5) is 41.7. The topological polar surface area (TPSA) is 87.7 Å². The van der Waals surface area contributed by atoms with Gasteiger partial charge in [0, 0.05) is 18.0 Å². The number of aryl methyl sites for hydroxylation is 3. The summed E-state index contributed by atoms with van der Waals surface area (Å²) in [7, 11) is 0. The first-order valence-electron chi connectivity index (χ1n) is 12.2. The molecule has 2 unspecified atom stereocenters. The van der Waals surface area contributed by atoms with E-state index in [2.05, 4.69) is 23.3 Å². The molecule has 2 atom stereocenters. The molecule has 2 rings (SSSR count). The summed E-state index contributed by atoms with van der Waals surface area (Å²) in [6.45, 7) is 13.3. The van der Waals surface area contributed by atoms with E-state index in [0.29, 0.717) is 13.0 Å². The third kappa shape index (κ3) is 7.75. The Labute approximate surface area is 220 Å². The molecule has 0 fully saturated rings. The van der Waals surface area contributed by atoms with E-state index in [1.165, 1.54) is 4.90 Å². The number of hydrogen-bond donors (Lipinski definition) is 3. The van der Waals surface area contributed by atoms with Crippen molar-refractivity contribution >= 4 is 36.2 Å². The minimum absolute atomic E-state index is 0.0529. The Morgan fingerprint density at radius 3 is 2.08 bits per heavy atom. The maximum atomic E-state index is 13.9. The Morgan fingerprint density at radius 2 is 1.56 bits per heavy atom. The number of hydrogen-bond acceptors (Lipinski definition) is 5. The molecular weight excluding hydrogens is 474 g/mol. The number of alkyl carbamates (subject to hydrolysis) is 1. The highest BCUT2D eigenvalue weighted by molar-refractivity contribution is 7.80. The molecule has 3 amide bonds. The fourth-order valence-corrected chi connectivity index (χ4v) is 4.24. The van der Waals surface area contributed by atoms with Crippen LogP contribution >= 0.6 is 12.6 Å². The van der Waals surface area contributed by atoms with Crippen LogP contribution < -0.4 is 10.6 Å². The van der Waals surface area contributed by atoms with E-state index in [1.807, 2.05) is 70.2 Å². The van der Waals surface area contributed by atoms with Crippen LogP contribution in [0.2, 0.25) is 0 Å². The van der Waals surface area contributed by atoms with Gasteiger partial charge in [0.15, 0.2) is 0 Å². The normalized spacial score (nSPS) is 12.9. The summed E-state index contributed by atoms with van der Waals surface area (Å²) in [5, 5.41) is 5.69. The lowest BCUT2D eigenvalue weighted by molar-refractivity contribution is -0.140. The molecule has 0 saturated carbocycles. The highest BCUT2D eigenvalue weighted by atomic mass is 32.1. The van der Waals surface area contributed by atoms with Crippen LogP contribution in [0.1, 0.15) is 62.4 Å². The van der Waals surface area contributed by atoms with Crippen LogP contribution in [0.25, 0.3) is 0 Å². The average Bonchev–Trinajstić information content (AvgIpc) is 2.79. The maximum Gasteiger partial charge on any atom is 0.408 e. The van der Waals surface area contributed by atoms with Crippen LogP contribution in [-0.2, 0) is 14.3 Å². The Balaban J connectivity index is 2.49. The number of anilines is 1. The molecule has 7 nitrogen and oxygen atoms in total. The first-order valence-corrected chi connectivity index (χ1v) is 12.9. The Kier molecular flexibility index (Phi) is 10.4. The monoisotopic (exact) mass is 513 g/mol. The van der Waals surface area contributed by atoms with Crippen LogP contribution in [0, 0.1) is 20.8 Å². The van der Waals surface area contributed by atoms with Gasteiger partial charge >= 0.3 is 6.09 Å². The second-order valence-electron chi connectivity index (χ2n) is 9.93. The molecule has 8 heteroatoms. The van der Waals surface area contributed by atoms with Crippen molar-refractivity contribution < 1.29 is 19.1 Å². The van der Waals surface area contributed by atoms with Crippen LogP contribution in [0.3, 0.4) is 0 Å². The van der Waals surface area contributed by atoms with Gasteiger partial charge in [-0.2, -0.15) is 12.6 Å². The van der Waals surface area contributed by atoms with E-state index in [9.17, 15) is 14.4 Å². The summed E-state index contributed by atoms with van der Waals surface area (Å²) in [6, 6.07) is 11.5. The highest BCUT2D eigenvalue weighted by Crippen LogP contribution is 2.29. The Morgan fingerprint density at radius 1 is 0.972 bits per heavy atom. The molecule has 0 saturated heterocycles. The van der Waals surface area contributed by atoms with Crippen molar-refractivity contribution in [3.8, 4) is 0 Å². The number of amides is 3. The Hall–Kier alpha value is -3.00. The molecule has 0 spiro atoms. The van der Waals surface area contributed by atoms with Gasteiger partial charge in [-0.1, -0.05) is 49.4 Å². The van der Waals surface area contributed by atoms with Gasteiger partial charge in [0.2, 0.25) is 5.91 Å². The number of nitrogens with one attached hydrogen (secondary N) is 2. The first kappa shape index (κ1) is 29.2.